The largest absolute Gasteiger partial charge is 0.330 e. The number of halogens is 1. The number of nitrogens with zero attached hydrogens (tertiary/aromatic N) is 1. The highest BCUT2D eigenvalue weighted by atomic mass is 79.9. The molecule has 0 saturated carbocycles. The zero-order valence-corrected chi connectivity index (χ0v) is 13.7. The first-order chi connectivity index (χ1) is 8.67. The molecule has 2 nitrogen and oxygen atoms in total. The molecule has 0 amide bonds. The minimum atomic E-state index is 0.540. The Kier molecular flexibility index (Phi) is 5.24. The summed E-state index contributed by atoms with van der Waals surface area (Å²) >= 11 is 5.57. The molecule has 0 radical (unpaired) electrons. The van der Waals surface area contributed by atoms with Crippen molar-refractivity contribution in [1.29, 1.82) is 0 Å². The van der Waals surface area contributed by atoms with Crippen LogP contribution in [0, 0.1) is 12.8 Å². The third-order valence-electron chi connectivity index (χ3n) is 3.84. The van der Waals surface area contributed by atoms with Crippen LogP contribution in [0.25, 0.3) is 0 Å². The highest BCUT2D eigenvalue weighted by molar-refractivity contribution is 9.10. The molecule has 1 aromatic heterocycles. The Morgan fingerprint density at radius 1 is 1.56 bits per heavy atom. The van der Waals surface area contributed by atoms with Crippen LogP contribution in [0.5, 0.6) is 0 Å². The van der Waals surface area contributed by atoms with Crippen LogP contribution in [-0.2, 0) is 0 Å². The van der Waals surface area contributed by atoms with Crippen LogP contribution in [0.15, 0.2) is 10.5 Å². The fourth-order valence-corrected chi connectivity index (χ4v) is 4.77. The second kappa shape index (κ2) is 6.51. The Hall–Kier alpha value is 0.1000. The fraction of sp³-hybridized carbons (Fsp3) is 0.714. The van der Waals surface area contributed by atoms with E-state index in [0.29, 0.717) is 12.0 Å². The maximum absolute atomic E-state index is 6.00. The lowest BCUT2D eigenvalue weighted by atomic mass is 9.88. The number of piperidine rings is 1. The first-order valence-corrected chi connectivity index (χ1v) is 8.48. The molecule has 0 spiro atoms. The minimum absolute atomic E-state index is 0.540. The van der Waals surface area contributed by atoms with E-state index in [9.17, 15) is 0 Å². The van der Waals surface area contributed by atoms with E-state index >= 15 is 0 Å². The molecule has 1 aliphatic heterocycles. The van der Waals surface area contributed by atoms with Gasteiger partial charge in [0.05, 0.1) is 0 Å². The molecule has 2 N–H and O–H groups in total. The van der Waals surface area contributed by atoms with E-state index in [1.807, 2.05) is 11.3 Å². The Morgan fingerprint density at radius 2 is 2.33 bits per heavy atom. The Bertz CT molecular complexity index is 370. The van der Waals surface area contributed by atoms with Gasteiger partial charge >= 0.3 is 0 Å². The lowest BCUT2D eigenvalue weighted by Crippen LogP contribution is -2.41. The van der Waals surface area contributed by atoms with Gasteiger partial charge in [-0.3, -0.25) is 4.90 Å². The number of hydrogen-bond donors (Lipinski definition) is 1. The molecule has 2 atom stereocenters. The standard InChI is InChI=1S/C14H23BrN2S/c1-3-6-17-7-4-5-11(9-16)14(17)13-8-12(15)10(2)18-13/h8,11,14H,3-7,9,16H2,1-2H3. The molecule has 0 bridgehead atoms. The van der Waals surface area contributed by atoms with E-state index in [1.165, 1.54) is 46.6 Å². The maximum Gasteiger partial charge on any atom is 0.0482 e. The van der Waals surface area contributed by atoms with Crippen LogP contribution >= 0.6 is 27.3 Å². The van der Waals surface area contributed by atoms with Crippen LogP contribution in [0.1, 0.15) is 42.0 Å². The smallest absolute Gasteiger partial charge is 0.0482 e. The molecule has 4 heteroatoms. The topological polar surface area (TPSA) is 29.3 Å². The number of thiophene rings is 1. The third-order valence-corrected chi connectivity index (χ3v) is 6.05. The SMILES string of the molecule is CCCN1CCCC(CN)C1c1cc(Br)c(C)s1. The maximum atomic E-state index is 6.00. The molecule has 0 aliphatic carbocycles. The van der Waals surface area contributed by atoms with Crippen LogP contribution in [0.3, 0.4) is 0 Å². The van der Waals surface area contributed by atoms with Crippen LogP contribution in [0.2, 0.25) is 0 Å². The third kappa shape index (κ3) is 2.98. The lowest BCUT2D eigenvalue weighted by Gasteiger charge is -2.40. The van der Waals surface area contributed by atoms with Crippen molar-refractivity contribution in [3.05, 3.63) is 20.3 Å². The molecule has 18 heavy (non-hydrogen) atoms. The molecule has 1 aliphatic rings. The van der Waals surface area contributed by atoms with Crippen molar-refractivity contribution in [3.8, 4) is 0 Å². The predicted molar refractivity (Wildman–Crippen MR) is 83.1 cm³/mol. The number of aryl methyl sites for hydroxylation is 1. The van der Waals surface area contributed by atoms with Gasteiger partial charge in [0.15, 0.2) is 0 Å². The van der Waals surface area contributed by atoms with Gasteiger partial charge in [0.25, 0.3) is 0 Å². The number of rotatable bonds is 4. The molecule has 1 saturated heterocycles. The van der Waals surface area contributed by atoms with Crippen LogP contribution in [-0.4, -0.2) is 24.5 Å². The number of likely N-dealkylation sites (tertiary alicyclic amines) is 1. The molecule has 1 aromatic rings. The van der Waals surface area contributed by atoms with Crippen molar-refractivity contribution in [2.75, 3.05) is 19.6 Å². The van der Waals surface area contributed by atoms with Crippen molar-refractivity contribution < 1.29 is 0 Å². The molecule has 2 rings (SSSR count). The molecule has 102 valence electrons. The van der Waals surface area contributed by atoms with E-state index in [2.05, 4.69) is 40.7 Å². The highest BCUT2D eigenvalue weighted by Crippen LogP contribution is 2.41. The average molecular weight is 331 g/mol. The van der Waals surface area contributed by atoms with Gasteiger partial charge in [-0.1, -0.05) is 6.92 Å². The van der Waals surface area contributed by atoms with Crippen molar-refractivity contribution in [2.24, 2.45) is 11.7 Å². The Morgan fingerprint density at radius 3 is 2.89 bits per heavy atom. The second-order valence-electron chi connectivity index (χ2n) is 5.17. The van der Waals surface area contributed by atoms with Gasteiger partial charge in [0, 0.05) is 20.3 Å². The summed E-state index contributed by atoms with van der Waals surface area (Å²) in [4.78, 5) is 5.50. The first kappa shape index (κ1) is 14.5. The van der Waals surface area contributed by atoms with Crippen molar-refractivity contribution in [3.63, 3.8) is 0 Å². The van der Waals surface area contributed by atoms with Crippen LogP contribution in [0.4, 0.5) is 0 Å². The highest BCUT2D eigenvalue weighted by Gasteiger charge is 2.32. The summed E-state index contributed by atoms with van der Waals surface area (Å²) in [6, 6.07) is 2.85. The van der Waals surface area contributed by atoms with Crippen molar-refractivity contribution >= 4 is 27.3 Å². The molecular formula is C14H23BrN2S. The van der Waals surface area contributed by atoms with E-state index in [-0.39, 0.29) is 0 Å². The summed E-state index contributed by atoms with van der Waals surface area (Å²) in [7, 11) is 0. The summed E-state index contributed by atoms with van der Waals surface area (Å²) in [5, 5.41) is 0. The monoisotopic (exact) mass is 330 g/mol. The molecule has 2 unspecified atom stereocenters. The first-order valence-electron chi connectivity index (χ1n) is 6.87. The normalized spacial score (nSPS) is 25.6. The predicted octanol–water partition coefficient (Wildman–Crippen LogP) is 3.94. The van der Waals surface area contributed by atoms with Gasteiger partial charge in [-0.2, -0.15) is 0 Å². The van der Waals surface area contributed by atoms with E-state index < -0.39 is 0 Å². The quantitative estimate of drug-likeness (QED) is 0.905. The van der Waals surface area contributed by atoms with Gasteiger partial charge in [0.1, 0.15) is 0 Å². The lowest BCUT2D eigenvalue weighted by molar-refractivity contribution is 0.0985. The Balaban J connectivity index is 2.27. The van der Waals surface area contributed by atoms with Gasteiger partial charge in [0.2, 0.25) is 0 Å². The molecule has 1 fully saturated rings. The summed E-state index contributed by atoms with van der Waals surface area (Å²) in [5.74, 6) is 0.621. The van der Waals surface area contributed by atoms with E-state index in [1.54, 1.807) is 0 Å². The zero-order chi connectivity index (χ0) is 13.1. The van der Waals surface area contributed by atoms with Crippen molar-refractivity contribution in [2.45, 2.75) is 39.2 Å². The molecule has 0 aromatic carbocycles. The fourth-order valence-electron chi connectivity index (χ4n) is 2.98. The number of hydrogen-bond acceptors (Lipinski definition) is 3. The van der Waals surface area contributed by atoms with E-state index in [4.69, 9.17) is 5.73 Å². The summed E-state index contributed by atoms with van der Waals surface area (Å²) in [6.45, 7) is 7.67. The Labute approximate surface area is 123 Å². The van der Waals surface area contributed by atoms with Gasteiger partial charge in [-0.05, 0) is 73.7 Å². The molecule has 2 heterocycles. The summed E-state index contributed by atoms with van der Waals surface area (Å²) in [6.07, 6.45) is 3.79. The second-order valence-corrected chi connectivity index (χ2v) is 7.31. The van der Waals surface area contributed by atoms with E-state index in [0.717, 1.165) is 6.54 Å². The van der Waals surface area contributed by atoms with Crippen LogP contribution < -0.4 is 5.73 Å². The van der Waals surface area contributed by atoms with Gasteiger partial charge < -0.3 is 5.73 Å². The summed E-state index contributed by atoms with van der Waals surface area (Å²) < 4.78 is 1.25. The van der Waals surface area contributed by atoms with Gasteiger partial charge in [-0.15, -0.1) is 11.3 Å². The molecular weight excluding hydrogens is 308 g/mol. The van der Waals surface area contributed by atoms with Gasteiger partial charge in [-0.25, -0.2) is 0 Å². The zero-order valence-electron chi connectivity index (χ0n) is 11.3. The minimum Gasteiger partial charge on any atom is -0.330 e. The number of nitrogens with two attached hydrogens (primary N) is 1. The average Bonchev–Trinajstić information content (AvgIpc) is 2.69. The summed E-state index contributed by atoms with van der Waals surface area (Å²) in [5.41, 5.74) is 6.00. The van der Waals surface area contributed by atoms with Crippen molar-refractivity contribution in [1.82, 2.24) is 4.90 Å².